The lowest BCUT2D eigenvalue weighted by Gasteiger charge is -2.20. The quantitative estimate of drug-likeness (QED) is 0.783. The number of nitrogens with zero attached hydrogens (tertiary/aromatic N) is 3. The van der Waals surface area contributed by atoms with Gasteiger partial charge in [-0.25, -0.2) is 4.68 Å². The number of carbonyl (C=O) groups excluding carboxylic acids is 1. The Kier molecular flexibility index (Phi) is 4.30. The number of benzene rings is 1. The lowest BCUT2D eigenvalue weighted by atomic mass is 9.96. The van der Waals surface area contributed by atoms with Crippen LogP contribution < -0.4 is 5.32 Å². The molecule has 1 saturated carbocycles. The fourth-order valence-electron chi connectivity index (χ4n) is 3.27. The van der Waals surface area contributed by atoms with E-state index in [1.165, 1.54) is 43.4 Å². The van der Waals surface area contributed by atoms with Crippen molar-refractivity contribution in [2.75, 3.05) is 0 Å². The van der Waals surface area contributed by atoms with Crippen LogP contribution in [0.2, 0.25) is 0 Å². The van der Waals surface area contributed by atoms with Gasteiger partial charge in [0.05, 0.1) is 23.7 Å². The molecule has 0 saturated heterocycles. The summed E-state index contributed by atoms with van der Waals surface area (Å²) in [5, 5.41) is 12.5. The zero-order valence-electron chi connectivity index (χ0n) is 13.4. The van der Waals surface area contributed by atoms with Crippen molar-refractivity contribution < 1.29 is 4.79 Å². The summed E-state index contributed by atoms with van der Waals surface area (Å²) >= 11 is 1.52. The Morgan fingerprint density at radius 2 is 2.08 bits per heavy atom. The van der Waals surface area contributed by atoms with Gasteiger partial charge in [0.25, 0.3) is 5.91 Å². The summed E-state index contributed by atoms with van der Waals surface area (Å²) in [6, 6.07) is 10.4. The van der Waals surface area contributed by atoms with Crippen molar-refractivity contribution >= 4 is 27.3 Å². The molecule has 2 heterocycles. The van der Waals surface area contributed by atoms with Gasteiger partial charge in [-0.05, 0) is 30.4 Å². The van der Waals surface area contributed by atoms with Crippen molar-refractivity contribution in [1.82, 2.24) is 20.3 Å². The van der Waals surface area contributed by atoms with Crippen molar-refractivity contribution in [3.8, 4) is 0 Å². The number of carbonyl (C=O) groups is 1. The van der Waals surface area contributed by atoms with Crippen LogP contribution in [0.15, 0.2) is 36.5 Å². The average molecular weight is 340 g/mol. The molecule has 1 aromatic carbocycles. The topological polar surface area (TPSA) is 59.8 Å². The smallest absolute Gasteiger partial charge is 0.261 e. The zero-order valence-corrected chi connectivity index (χ0v) is 14.3. The number of nitrogens with one attached hydrogen (secondary N) is 1. The number of hydrogen-bond acceptors (Lipinski definition) is 4. The van der Waals surface area contributed by atoms with Crippen molar-refractivity contribution in [1.29, 1.82) is 0 Å². The Morgan fingerprint density at radius 1 is 1.25 bits per heavy atom. The third kappa shape index (κ3) is 3.19. The van der Waals surface area contributed by atoms with Crippen LogP contribution in [0.5, 0.6) is 0 Å². The molecule has 3 aromatic rings. The van der Waals surface area contributed by atoms with E-state index in [-0.39, 0.29) is 5.91 Å². The minimum Gasteiger partial charge on any atom is -0.346 e. The van der Waals surface area contributed by atoms with Crippen LogP contribution in [-0.2, 0) is 6.54 Å². The van der Waals surface area contributed by atoms with E-state index >= 15 is 0 Å². The van der Waals surface area contributed by atoms with Gasteiger partial charge in [0.1, 0.15) is 5.69 Å². The highest BCUT2D eigenvalue weighted by Gasteiger charge is 2.17. The number of amides is 1. The first-order chi connectivity index (χ1) is 11.8. The maximum Gasteiger partial charge on any atom is 0.261 e. The normalized spacial score (nSPS) is 15.7. The first-order valence-electron chi connectivity index (χ1n) is 8.47. The van der Waals surface area contributed by atoms with Crippen LogP contribution in [-0.4, -0.2) is 20.9 Å². The number of hydrogen-bond donors (Lipinski definition) is 1. The van der Waals surface area contributed by atoms with Crippen LogP contribution in [0, 0.1) is 0 Å². The Bertz CT molecular complexity index is 814. The van der Waals surface area contributed by atoms with Gasteiger partial charge in [0.2, 0.25) is 0 Å². The lowest BCUT2D eigenvalue weighted by molar-refractivity contribution is 0.0954. The second-order valence-corrected chi connectivity index (χ2v) is 7.40. The van der Waals surface area contributed by atoms with Gasteiger partial charge in [0.15, 0.2) is 0 Å². The molecule has 0 radical (unpaired) electrons. The third-order valence-corrected chi connectivity index (χ3v) is 5.70. The molecule has 0 unspecified atom stereocenters. The Labute approximate surface area is 144 Å². The molecule has 6 heteroatoms. The minimum absolute atomic E-state index is 0.0524. The molecule has 1 N–H and O–H groups in total. The summed E-state index contributed by atoms with van der Waals surface area (Å²) in [4.78, 5) is 13.1. The first kappa shape index (κ1) is 15.3. The van der Waals surface area contributed by atoms with E-state index in [9.17, 15) is 4.79 Å². The summed E-state index contributed by atoms with van der Waals surface area (Å²) in [6.45, 7) is 0.416. The summed E-state index contributed by atoms with van der Waals surface area (Å²) in [5.74, 6) is -0.0524. The van der Waals surface area contributed by atoms with Crippen LogP contribution >= 0.6 is 11.3 Å². The SMILES string of the molecule is O=C(NCc1cn(C2CCCCC2)nn1)c1cc2ccccc2s1. The Balaban J connectivity index is 1.39. The number of thiophene rings is 1. The molecule has 1 aliphatic carbocycles. The highest BCUT2D eigenvalue weighted by molar-refractivity contribution is 7.20. The van der Waals surface area contributed by atoms with Crippen LogP contribution in [0.25, 0.3) is 10.1 Å². The predicted octanol–water partition coefficient (Wildman–Crippen LogP) is 3.93. The van der Waals surface area contributed by atoms with E-state index in [0.29, 0.717) is 12.6 Å². The standard InChI is InChI=1S/C18H20N4OS/c23-18(17-10-13-6-4-5-9-16(13)24-17)19-11-14-12-22(21-20-14)15-7-2-1-3-8-15/h4-6,9-10,12,15H,1-3,7-8,11H2,(H,19,23). The van der Waals surface area contributed by atoms with Crippen LogP contribution in [0.1, 0.15) is 53.5 Å². The molecule has 0 aliphatic heterocycles. The van der Waals surface area contributed by atoms with Gasteiger partial charge in [0, 0.05) is 4.70 Å². The summed E-state index contributed by atoms with van der Waals surface area (Å²) < 4.78 is 3.10. The van der Waals surface area contributed by atoms with Crippen molar-refractivity contribution in [2.24, 2.45) is 0 Å². The molecule has 0 atom stereocenters. The molecule has 24 heavy (non-hydrogen) atoms. The largest absolute Gasteiger partial charge is 0.346 e. The molecule has 0 spiro atoms. The maximum absolute atomic E-state index is 12.3. The van der Waals surface area contributed by atoms with E-state index < -0.39 is 0 Å². The zero-order chi connectivity index (χ0) is 16.4. The highest BCUT2D eigenvalue weighted by Crippen LogP contribution is 2.27. The lowest BCUT2D eigenvalue weighted by Crippen LogP contribution is -2.22. The summed E-state index contributed by atoms with van der Waals surface area (Å²) in [6.07, 6.45) is 8.18. The van der Waals surface area contributed by atoms with E-state index in [1.807, 2.05) is 41.2 Å². The average Bonchev–Trinajstić information content (AvgIpc) is 3.27. The summed E-state index contributed by atoms with van der Waals surface area (Å²) in [7, 11) is 0. The Morgan fingerprint density at radius 3 is 2.92 bits per heavy atom. The highest BCUT2D eigenvalue weighted by atomic mass is 32.1. The van der Waals surface area contributed by atoms with Crippen LogP contribution in [0.4, 0.5) is 0 Å². The van der Waals surface area contributed by atoms with E-state index in [0.717, 1.165) is 20.7 Å². The second-order valence-electron chi connectivity index (χ2n) is 6.31. The van der Waals surface area contributed by atoms with Crippen molar-refractivity contribution in [3.05, 3.63) is 47.1 Å². The van der Waals surface area contributed by atoms with Gasteiger partial charge >= 0.3 is 0 Å². The van der Waals surface area contributed by atoms with Crippen LogP contribution in [0.3, 0.4) is 0 Å². The fraction of sp³-hybridized carbons (Fsp3) is 0.389. The van der Waals surface area contributed by atoms with Crippen molar-refractivity contribution in [2.45, 2.75) is 44.7 Å². The Hall–Kier alpha value is -2.21. The summed E-state index contributed by atoms with van der Waals surface area (Å²) in [5.41, 5.74) is 0.815. The molecule has 1 aliphatic rings. The second kappa shape index (κ2) is 6.73. The van der Waals surface area contributed by atoms with E-state index in [2.05, 4.69) is 15.6 Å². The molecule has 1 fully saturated rings. The molecule has 0 bridgehead atoms. The molecule has 5 nitrogen and oxygen atoms in total. The maximum atomic E-state index is 12.3. The van der Waals surface area contributed by atoms with Gasteiger partial charge in [-0.15, -0.1) is 16.4 Å². The molecular formula is C18H20N4OS. The van der Waals surface area contributed by atoms with Gasteiger partial charge < -0.3 is 5.32 Å². The number of fused-ring (bicyclic) bond motifs is 1. The molecular weight excluding hydrogens is 320 g/mol. The molecule has 124 valence electrons. The molecule has 2 aromatic heterocycles. The predicted molar refractivity (Wildman–Crippen MR) is 95.1 cm³/mol. The van der Waals surface area contributed by atoms with Gasteiger partial charge in [-0.2, -0.15) is 0 Å². The monoisotopic (exact) mass is 340 g/mol. The third-order valence-electron chi connectivity index (χ3n) is 4.59. The van der Waals surface area contributed by atoms with E-state index in [4.69, 9.17) is 0 Å². The minimum atomic E-state index is -0.0524. The van der Waals surface area contributed by atoms with Gasteiger partial charge in [-0.3, -0.25) is 4.79 Å². The number of rotatable bonds is 4. The van der Waals surface area contributed by atoms with E-state index in [1.54, 1.807) is 0 Å². The van der Waals surface area contributed by atoms with Crippen molar-refractivity contribution in [3.63, 3.8) is 0 Å². The molecule has 1 amide bonds. The van der Waals surface area contributed by atoms with Gasteiger partial charge in [-0.1, -0.05) is 42.7 Å². The fourth-order valence-corrected chi connectivity index (χ4v) is 4.25. The molecule has 4 rings (SSSR count). The number of aromatic nitrogens is 3. The first-order valence-corrected chi connectivity index (χ1v) is 9.29.